The number of Topliss-reactive ketones (excluding diaryl/α,β-unsaturated/α-hetero) is 1. The summed E-state index contributed by atoms with van der Waals surface area (Å²) in [4.78, 5) is 35.4. The van der Waals surface area contributed by atoms with Gasteiger partial charge in [0.1, 0.15) is 12.3 Å². The van der Waals surface area contributed by atoms with Gasteiger partial charge in [-0.05, 0) is 42.5 Å². The number of carbonyl (C=O) groups excluding carboxylic acids is 3. The van der Waals surface area contributed by atoms with Gasteiger partial charge in [0.25, 0.3) is 5.91 Å². The third kappa shape index (κ3) is 6.67. The Balaban J connectivity index is 1.80. The number of amides is 1. The van der Waals surface area contributed by atoms with Gasteiger partial charge < -0.3 is 14.8 Å². The number of rotatable bonds is 8. The Hall–Kier alpha value is -3.00. The predicted octanol–water partition coefficient (Wildman–Crippen LogP) is 3.10. The lowest BCUT2D eigenvalue weighted by atomic mass is 10.1. The number of hydrogen-bond acceptors (Lipinski definition) is 5. The quantitative estimate of drug-likeness (QED) is 0.547. The van der Waals surface area contributed by atoms with Crippen LogP contribution >= 0.6 is 11.6 Å². The van der Waals surface area contributed by atoms with Crippen LogP contribution in [0.2, 0.25) is 5.02 Å². The maximum absolute atomic E-state index is 12.2. The molecule has 0 spiro atoms. The fourth-order valence-electron chi connectivity index (χ4n) is 1.98. The zero-order valence-electron chi connectivity index (χ0n) is 13.8. The largest absolute Gasteiger partial charge is 0.456 e. The SMILES string of the molecule is O=C(CNC(=O)c1cccc(OC(F)F)c1)OCC(=O)c1ccc(Cl)cc1. The highest BCUT2D eigenvalue weighted by molar-refractivity contribution is 6.30. The van der Waals surface area contributed by atoms with Crippen molar-refractivity contribution in [2.45, 2.75) is 6.61 Å². The highest BCUT2D eigenvalue weighted by Crippen LogP contribution is 2.15. The molecular weight excluding hydrogens is 384 g/mol. The van der Waals surface area contributed by atoms with Crippen molar-refractivity contribution in [1.82, 2.24) is 5.32 Å². The van der Waals surface area contributed by atoms with Crippen LogP contribution in [0.4, 0.5) is 8.78 Å². The van der Waals surface area contributed by atoms with Gasteiger partial charge in [0.2, 0.25) is 0 Å². The van der Waals surface area contributed by atoms with Crippen molar-refractivity contribution >= 4 is 29.3 Å². The molecule has 0 atom stereocenters. The van der Waals surface area contributed by atoms with Gasteiger partial charge in [-0.25, -0.2) is 0 Å². The second-order valence-electron chi connectivity index (χ2n) is 5.18. The maximum Gasteiger partial charge on any atom is 0.387 e. The number of carbonyl (C=O) groups is 3. The van der Waals surface area contributed by atoms with Gasteiger partial charge in [-0.2, -0.15) is 8.78 Å². The number of hydrogen-bond donors (Lipinski definition) is 1. The Kier molecular flexibility index (Phi) is 7.25. The van der Waals surface area contributed by atoms with Crippen LogP contribution < -0.4 is 10.1 Å². The highest BCUT2D eigenvalue weighted by Gasteiger charge is 2.13. The van der Waals surface area contributed by atoms with Gasteiger partial charge in [-0.3, -0.25) is 14.4 Å². The van der Waals surface area contributed by atoms with E-state index in [0.717, 1.165) is 6.07 Å². The first-order valence-corrected chi connectivity index (χ1v) is 8.00. The van der Waals surface area contributed by atoms with Gasteiger partial charge >= 0.3 is 12.6 Å². The van der Waals surface area contributed by atoms with Crippen LogP contribution in [0, 0.1) is 0 Å². The minimum atomic E-state index is -3.02. The van der Waals surface area contributed by atoms with Gasteiger partial charge in [0.15, 0.2) is 12.4 Å². The van der Waals surface area contributed by atoms with E-state index in [-0.39, 0.29) is 11.3 Å². The third-order valence-corrected chi connectivity index (χ3v) is 3.50. The van der Waals surface area contributed by atoms with E-state index in [9.17, 15) is 23.2 Å². The first-order valence-electron chi connectivity index (χ1n) is 7.62. The van der Waals surface area contributed by atoms with Crippen molar-refractivity contribution in [2.75, 3.05) is 13.2 Å². The van der Waals surface area contributed by atoms with Crippen LogP contribution in [0.5, 0.6) is 5.75 Å². The van der Waals surface area contributed by atoms with Crippen molar-refractivity contribution in [3.05, 3.63) is 64.7 Å². The van der Waals surface area contributed by atoms with Gasteiger partial charge in [-0.15, -0.1) is 0 Å². The molecule has 6 nitrogen and oxygen atoms in total. The lowest BCUT2D eigenvalue weighted by Crippen LogP contribution is -2.31. The van der Waals surface area contributed by atoms with Crippen molar-refractivity contribution in [2.24, 2.45) is 0 Å². The number of halogens is 3. The normalized spacial score (nSPS) is 10.4. The van der Waals surface area contributed by atoms with E-state index >= 15 is 0 Å². The van der Waals surface area contributed by atoms with E-state index in [4.69, 9.17) is 16.3 Å². The van der Waals surface area contributed by atoms with Gasteiger partial charge in [0.05, 0.1) is 0 Å². The molecule has 0 unspecified atom stereocenters. The Morgan fingerprint density at radius 3 is 2.41 bits per heavy atom. The zero-order valence-corrected chi connectivity index (χ0v) is 14.5. The van der Waals surface area contributed by atoms with Crippen molar-refractivity contribution in [3.8, 4) is 5.75 Å². The molecule has 0 radical (unpaired) electrons. The predicted molar refractivity (Wildman–Crippen MR) is 92.1 cm³/mol. The molecule has 2 aromatic carbocycles. The number of alkyl halides is 2. The topological polar surface area (TPSA) is 81.7 Å². The molecule has 0 aliphatic heterocycles. The van der Waals surface area contributed by atoms with Crippen LogP contribution in [0.25, 0.3) is 0 Å². The molecule has 1 N–H and O–H groups in total. The molecule has 9 heteroatoms. The number of ether oxygens (including phenoxy) is 2. The Labute approximate surface area is 158 Å². The van der Waals surface area contributed by atoms with E-state index < -0.39 is 37.4 Å². The number of nitrogens with one attached hydrogen (secondary N) is 1. The van der Waals surface area contributed by atoms with E-state index in [2.05, 4.69) is 10.1 Å². The molecule has 2 aromatic rings. The van der Waals surface area contributed by atoms with Crippen LogP contribution in [0.3, 0.4) is 0 Å². The second-order valence-corrected chi connectivity index (χ2v) is 5.62. The molecule has 0 saturated heterocycles. The average Bonchev–Trinajstić information content (AvgIpc) is 2.64. The average molecular weight is 398 g/mol. The summed E-state index contributed by atoms with van der Waals surface area (Å²) in [5, 5.41) is 2.73. The van der Waals surface area contributed by atoms with Crippen LogP contribution in [0.1, 0.15) is 20.7 Å². The minimum absolute atomic E-state index is 0.0261. The van der Waals surface area contributed by atoms with Gasteiger partial charge in [0, 0.05) is 16.1 Å². The Morgan fingerprint density at radius 1 is 1.04 bits per heavy atom. The third-order valence-electron chi connectivity index (χ3n) is 3.25. The molecule has 0 saturated carbocycles. The monoisotopic (exact) mass is 397 g/mol. The first kappa shape index (κ1) is 20.3. The molecule has 0 heterocycles. The zero-order chi connectivity index (χ0) is 19.8. The smallest absolute Gasteiger partial charge is 0.387 e. The molecule has 142 valence electrons. The highest BCUT2D eigenvalue weighted by atomic mass is 35.5. The summed E-state index contributed by atoms with van der Waals surface area (Å²) >= 11 is 5.72. The summed E-state index contributed by atoms with van der Waals surface area (Å²) in [6.45, 7) is -4.00. The summed E-state index contributed by atoms with van der Waals surface area (Å²) in [5.41, 5.74) is 0.352. The molecule has 27 heavy (non-hydrogen) atoms. The summed E-state index contributed by atoms with van der Waals surface area (Å²) < 4.78 is 33.3. The minimum Gasteiger partial charge on any atom is -0.456 e. The van der Waals surface area contributed by atoms with E-state index in [1.807, 2.05) is 0 Å². The molecule has 0 aliphatic carbocycles. The molecule has 0 fully saturated rings. The standard InChI is InChI=1S/C18H14ClF2NO5/c19-13-6-4-11(5-7-13)15(23)10-26-16(24)9-22-17(25)12-2-1-3-14(8-12)27-18(20)21/h1-8,18H,9-10H2,(H,22,25). The number of esters is 1. The second kappa shape index (κ2) is 9.63. The summed E-state index contributed by atoms with van der Waals surface area (Å²) in [5.74, 6) is -2.13. The molecule has 0 aromatic heterocycles. The maximum atomic E-state index is 12.2. The van der Waals surface area contributed by atoms with Crippen LogP contribution in [0.15, 0.2) is 48.5 Å². The summed E-state index contributed by atoms with van der Waals surface area (Å²) in [6, 6.07) is 11.1. The lowest BCUT2D eigenvalue weighted by Gasteiger charge is -2.08. The first-order chi connectivity index (χ1) is 12.8. The van der Waals surface area contributed by atoms with E-state index in [1.165, 1.54) is 42.5 Å². The number of benzene rings is 2. The Bertz CT molecular complexity index is 827. The van der Waals surface area contributed by atoms with Gasteiger partial charge in [-0.1, -0.05) is 17.7 Å². The molecular formula is C18H14ClF2NO5. The van der Waals surface area contributed by atoms with Crippen LogP contribution in [-0.4, -0.2) is 37.4 Å². The number of ketones is 1. The van der Waals surface area contributed by atoms with Crippen molar-refractivity contribution in [3.63, 3.8) is 0 Å². The van der Waals surface area contributed by atoms with Crippen LogP contribution in [-0.2, 0) is 9.53 Å². The molecule has 2 rings (SSSR count). The fourth-order valence-corrected chi connectivity index (χ4v) is 2.11. The molecule has 0 aliphatic rings. The summed E-state index contributed by atoms with van der Waals surface area (Å²) in [7, 11) is 0. The van der Waals surface area contributed by atoms with Crippen molar-refractivity contribution in [1.29, 1.82) is 0 Å². The fraction of sp³-hybridized carbons (Fsp3) is 0.167. The van der Waals surface area contributed by atoms with Crippen molar-refractivity contribution < 1.29 is 32.6 Å². The van der Waals surface area contributed by atoms with E-state index in [0.29, 0.717) is 10.6 Å². The summed E-state index contributed by atoms with van der Waals surface area (Å²) in [6.07, 6.45) is 0. The molecule has 0 bridgehead atoms. The lowest BCUT2D eigenvalue weighted by molar-refractivity contribution is -0.141. The Morgan fingerprint density at radius 2 is 1.74 bits per heavy atom. The molecule has 1 amide bonds. The van der Waals surface area contributed by atoms with E-state index in [1.54, 1.807) is 0 Å².